The largest absolute Gasteiger partial charge is 0.480 e. The normalized spacial score (nSPS) is 17.3. The van der Waals surface area contributed by atoms with Crippen LogP contribution in [-0.4, -0.2) is 54.2 Å². The van der Waals surface area contributed by atoms with E-state index in [0.29, 0.717) is 22.8 Å². The third-order valence-corrected chi connectivity index (χ3v) is 5.74. The van der Waals surface area contributed by atoms with E-state index >= 15 is 0 Å². The number of para-hydroxylation sites is 2. The molecule has 26 heavy (non-hydrogen) atoms. The second-order valence-corrected chi connectivity index (χ2v) is 8.13. The standard InChI is InChI=1S/C17H15N3O3S3/c1-25-7-6-13(16(22)23)20-15(21)14(26-17(20)24)8-10-9-18-11-4-2-3-5-12(11)19-10/h2-5,8-9,13H,6-7H2,1H3,(H,22,23)/b14-8-/t13-/m1/s1. The Hall–Kier alpha value is -1.97. The van der Waals surface area contributed by atoms with Crippen molar-refractivity contribution in [1.82, 2.24) is 14.9 Å². The lowest BCUT2D eigenvalue weighted by atomic mass is 10.2. The first-order valence-electron chi connectivity index (χ1n) is 7.72. The van der Waals surface area contributed by atoms with E-state index in [1.165, 1.54) is 16.7 Å². The van der Waals surface area contributed by atoms with Gasteiger partial charge in [-0.15, -0.1) is 0 Å². The minimum atomic E-state index is -1.05. The summed E-state index contributed by atoms with van der Waals surface area (Å²) in [6.45, 7) is 0. The highest BCUT2D eigenvalue weighted by Gasteiger charge is 2.40. The van der Waals surface area contributed by atoms with Gasteiger partial charge in [0.05, 0.1) is 27.8 Å². The predicted molar refractivity (Wildman–Crippen MR) is 109 cm³/mol. The second kappa shape index (κ2) is 8.15. The van der Waals surface area contributed by atoms with Crippen molar-refractivity contribution in [2.24, 2.45) is 0 Å². The zero-order valence-corrected chi connectivity index (χ0v) is 16.2. The van der Waals surface area contributed by atoms with Gasteiger partial charge in [0.2, 0.25) is 0 Å². The lowest BCUT2D eigenvalue weighted by molar-refractivity contribution is -0.145. The van der Waals surface area contributed by atoms with Gasteiger partial charge in [0.25, 0.3) is 5.91 Å². The zero-order chi connectivity index (χ0) is 18.7. The van der Waals surface area contributed by atoms with Gasteiger partial charge in [-0.3, -0.25) is 14.7 Å². The molecule has 1 fully saturated rings. The Morgan fingerprint density at radius 3 is 2.85 bits per heavy atom. The number of carboxylic acid groups (broad SMARTS) is 1. The van der Waals surface area contributed by atoms with Crippen molar-refractivity contribution in [3.8, 4) is 0 Å². The first kappa shape index (κ1) is 18.8. The summed E-state index contributed by atoms with van der Waals surface area (Å²) >= 11 is 7.88. The summed E-state index contributed by atoms with van der Waals surface area (Å²) in [5, 5.41) is 9.48. The van der Waals surface area contributed by atoms with Crippen LogP contribution in [0.1, 0.15) is 12.1 Å². The van der Waals surface area contributed by atoms with Gasteiger partial charge in [-0.1, -0.05) is 36.1 Å². The SMILES string of the molecule is CSCC[C@H](C(=O)O)N1C(=O)/C(=C/c2cnc3ccccc3n2)SC1=S. The van der Waals surface area contributed by atoms with E-state index in [4.69, 9.17) is 12.2 Å². The van der Waals surface area contributed by atoms with Gasteiger partial charge in [0.1, 0.15) is 10.4 Å². The quantitative estimate of drug-likeness (QED) is 0.580. The Labute approximate surface area is 164 Å². The monoisotopic (exact) mass is 405 g/mol. The van der Waals surface area contributed by atoms with Crippen LogP contribution in [0.25, 0.3) is 17.1 Å². The molecule has 2 heterocycles. The molecule has 3 rings (SSSR count). The average molecular weight is 406 g/mol. The van der Waals surface area contributed by atoms with Gasteiger partial charge in [-0.25, -0.2) is 9.78 Å². The summed E-state index contributed by atoms with van der Waals surface area (Å²) in [6.07, 6.45) is 5.41. The number of rotatable bonds is 6. The Kier molecular flexibility index (Phi) is 5.90. The van der Waals surface area contributed by atoms with E-state index in [-0.39, 0.29) is 4.32 Å². The van der Waals surface area contributed by atoms with E-state index in [9.17, 15) is 14.7 Å². The van der Waals surface area contributed by atoms with Crippen molar-refractivity contribution in [3.63, 3.8) is 0 Å². The van der Waals surface area contributed by atoms with Crippen molar-refractivity contribution in [3.05, 3.63) is 41.1 Å². The van der Waals surface area contributed by atoms with Gasteiger partial charge < -0.3 is 5.11 Å². The molecule has 1 aromatic heterocycles. The fourth-order valence-electron chi connectivity index (χ4n) is 2.52. The molecule has 1 aliphatic heterocycles. The maximum Gasteiger partial charge on any atom is 0.326 e. The van der Waals surface area contributed by atoms with Gasteiger partial charge >= 0.3 is 5.97 Å². The van der Waals surface area contributed by atoms with Crippen LogP contribution in [0.2, 0.25) is 0 Å². The third kappa shape index (κ3) is 3.89. The van der Waals surface area contributed by atoms with Gasteiger partial charge in [-0.05, 0) is 36.6 Å². The average Bonchev–Trinajstić information content (AvgIpc) is 2.89. The summed E-state index contributed by atoms with van der Waals surface area (Å²) in [4.78, 5) is 34.6. The van der Waals surface area contributed by atoms with Gasteiger partial charge in [0.15, 0.2) is 0 Å². The summed E-state index contributed by atoms with van der Waals surface area (Å²) in [6, 6.07) is 6.48. The molecule has 1 atom stereocenters. The van der Waals surface area contributed by atoms with E-state index < -0.39 is 17.9 Å². The van der Waals surface area contributed by atoms with Crippen LogP contribution in [0.4, 0.5) is 0 Å². The van der Waals surface area contributed by atoms with E-state index in [1.807, 2.05) is 30.5 Å². The van der Waals surface area contributed by atoms with Crippen molar-refractivity contribution < 1.29 is 14.7 Å². The van der Waals surface area contributed by atoms with Gasteiger partial charge in [0, 0.05) is 0 Å². The first-order chi connectivity index (χ1) is 12.5. The lowest BCUT2D eigenvalue weighted by Gasteiger charge is -2.22. The molecule has 0 bridgehead atoms. The third-order valence-electron chi connectivity index (χ3n) is 3.76. The number of aliphatic carboxylic acids is 1. The highest BCUT2D eigenvalue weighted by Crippen LogP contribution is 2.34. The number of hydrogen-bond acceptors (Lipinski definition) is 7. The second-order valence-electron chi connectivity index (χ2n) is 5.47. The Balaban J connectivity index is 1.89. The Bertz CT molecular complexity index is 916. The van der Waals surface area contributed by atoms with Crippen LogP contribution < -0.4 is 0 Å². The molecule has 0 aliphatic carbocycles. The van der Waals surface area contributed by atoms with Crippen LogP contribution in [0.3, 0.4) is 0 Å². The highest BCUT2D eigenvalue weighted by atomic mass is 32.2. The number of amides is 1. The topological polar surface area (TPSA) is 83.4 Å². The van der Waals surface area contributed by atoms with E-state index in [2.05, 4.69) is 9.97 Å². The molecule has 0 unspecified atom stereocenters. The molecule has 1 aromatic carbocycles. The maximum absolute atomic E-state index is 12.7. The Morgan fingerprint density at radius 1 is 1.42 bits per heavy atom. The summed E-state index contributed by atoms with van der Waals surface area (Å²) in [5.41, 5.74) is 2.01. The minimum absolute atomic E-state index is 0.253. The van der Waals surface area contributed by atoms with E-state index in [1.54, 1.807) is 12.3 Å². The summed E-state index contributed by atoms with van der Waals surface area (Å²) < 4.78 is 0.253. The maximum atomic E-state index is 12.7. The number of aromatic nitrogens is 2. The van der Waals surface area contributed by atoms with Crippen molar-refractivity contribution in [2.75, 3.05) is 12.0 Å². The fraction of sp³-hybridized carbons (Fsp3) is 0.235. The smallest absolute Gasteiger partial charge is 0.326 e. The van der Waals surface area contributed by atoms with Crippen molar-refractivity contribution in [2.45, 2.75) is 12.5 Å². The number of thioether (sulfide) groups is 2. The van der Waals surface area contributed by atoms with Crippen molar-refractivity contribution >= 4 is 69.0 Å². The number of benzene rings is 1. The van der Waals surface area contributed by atoms with Crippen LogP contribution in [-0.2, 0) is 9.59 Å². The van der Waals surface area contributed by atoms with E-state index in [0.717, 1.165) is 22.8 Å². The number of nitrogens with zero attached hydrogens (tertiary/aromatic N) is 3. The molecule has 6 nitrogen and oxygen atoms in total. The number of carboxylic acids is 1. The number of thiocarbonyl (C=S) groups is 1. The summed E-state index contributed by atoms with van der Waals surface area (Å²) in [5.74, 6) is -0.825. The molecule has 9 heteroatoms. The molecule has 1 amide bonds. The molecule has 1 N–H and O–H groups in total. The predicted octanol–water partition coefficient (Wildman–Crippen LogP) is 3.04. The van der Waals surface area contributed by atoms with Crippen molar-refractivity contribution in [1.29, 1.82) is 0 Å². The van der Waals surface area contributed by atoms with Crippen LogP contribution in [0.15, 0.2) is 35.4 Å². The molecular formula is C17H15N3O3S3. The molecule has 0 saturated carbocycles. The Morgan fingerprint density at radius 2 is 2.15 bits per heavy atom. The van der Waals surface area contributed by atoms with Crippen LogP contribution in [0.5, 0.6) is 0 Å². The number of fused-ring (bicyclic) bond motifs is 1. The molecule has 1 aliphatic rings. The fourth-order valence-corrected chi connectivity index (χ4v) is 4.32. The van der Waals surface area contributed by atoms with Crippen LogP contribution >= 0.6 is 35.7 Å². The zero-order valence-electron chi connectivity index (χ0n) is 13.8. The molecule has 1 saturated heterocycles. The molecule has 0 radical (unpaired) electrons. The molecule has 134 valence electrons. The number of carbonyl (C=O) groups is 2. The van der Waals surface area contributed by atoms with Gasteiger partial charge in [-0.2, -0.15) is 11.8 Å². The first-order valence-corrected chi connectivity index (χ1v) is 10.3. The number of carbonyl (C=O) groups excluding carboxylic acids is 1. The summed E-state index contributed by atoms with van der Waals surface area (Å²) in [7, 11) is 0. The molecular weight excluding hydrogens is 390 g/mol. The highest BCUT2D eigenvalue weighted by molar-refractivity contribution is 8.26. The molecule has 2 aromatic rings. The minimum Gasteiger partial charge on any atom is -0.480 e. The molecule has 0 spiro atoms. The van der Waals surface area contributed by atoms with Crippen LogP contribution in [0, 0.1) is 0 Å². The lowest BCUT2D eigenvalue weighted by Crippen LogP contribution is -2.44. The number of hydrogen-bond donors (Lipinski definition) is 1.